The van der Waals surface area contributed by atoms with Crippen LogP contribution in [0.2, 0.25) is 0 Å². The Labute approximate surface area is 200 Å². The highest BCUT2D eigenvalue weighted by Gasteiger charge is 2.19. The van der Waals surface area contributed by atoms with E-state index >= 15 is 0 Å². The van der Waals surface area contributed by atoms with Gasteiger partial charge in [-0.15, -0.1) is 5.10 Å². The second-order valence-electron chi connectivity index (χ2n) is 8.63. The second-order valence-corrected chi connectivity index (χ2v) is 8.63. The maximum Gasteiger partial charge on any atom is 0.223 e. The number of piperazine rings is 1. The summed E-state index contributed by atoms with van der Waals surface area (Å²) in [4.78, 5) is 14.2. The summed E-state index contributed by atoms with van der Waals surface area (Å²) in [6.07, 6.45) is 11.1. The van der Waals surface area contributed by atoms with Gasteiger partial charge in [-0.1, -0.05) is 30.4 Å². The van der Waals surface area contributed by atoms with Gasteiger partial charge in [0.05, 0.1) is 12.8 Å². The first-order valence-electron chi connectivity index (χ1n) is 11.8. The highest BCUT2D eigenvalue weighted by Crippen LogP contribution is 2.26. The topological polar surface area (TPSA) is 84.8 Å². The molecule has 2 N–H and O–H groups in total. The number of hydrogen-bond acceptors (Lipinski definition) is 7. The van der Waals surface area contributed by atoms with Gasteiger partial charge in [-0.25, -0.2) is 9.97 Å². The van der Waals surface area contributed by atoms with Gasteiger partial charge in [0.2, 0.25) is 11.8 Å². The molecule has 0 spiro atoms. The Kier molecular flexibility index (Phi) is 6.31. The third kappa shape index (κ3) is 4.54. The van der Waals surface area contributed by atoms with Crippen molar-refractivity contribution in [3.05, 3.63) is 66.0 Å². The van der Waals surface area contributed by atoms with Crippen molar-refractivity contribution >= 4 is 23.0 Å². The molecule has 1 fully saturated rings. The molecular formula is C26H31N7O. The van der Waals surface area contributed by atoms with Crippen LogP contribution in [0.3, 0.4) is 0 Å². The molecular weight excluding hydrogens is 426 g/mol. The fourth-order valence-corrected chi connectivity index (χ4v) is 4.57. The fourth-order valence-electron chi connectivity index (χ4n) is 4.57. The molecule has 0 radical (unpaired) electrons. The van der Waals surface area contributed by atoms with E-state index in [9.17, 15) is 0 Å². The zero-order valence-electron chi connectivity index (χ0n) is 19.8. The Balaban J connectivity index is 1.33. The number of benzene rings is 1. The van der Waals surface area contributed by atoms with Crippen molar-refractivity contribution in [1.29, 1.82) is 0 Å². The predicted molar refractivity (Wildman–Crippen MR) is 136 cm³/mol. The smallest absolute Gasteiger partial charge is 0.223 e. The number of allylic oxidation sites excluding steroid dienone is 3. The van der Waals surface area contributed by atoms with Crippen LogP contribution >= 0.6 is 0 Å². The minimum absolute atomic E-state index is 0.294. The number of methoxy groups -OCH3 is 1. The van der Waals surface area contributed by atoms with Crippen LogP contribution in [-0.2, 0) is 4.74 Å². The molecule has 5 rings (SSSR count). The van der Waals surface area contributed by atoms with Gasteiger partial charge in [0.25, 0.3) is 0 Å². The number of nitrogens with two attached hydrogens (primary N) is 1. The first-order valence-corrected chi connectivity index (χ1v) is 11.8. The molecule has 2 aliphatic rings. The van der Waals surface area contributed by atoms with Gasteiger partial charge in [0.1, 0.15) is 0 Å². The third-order valence-corrected chi connectivity index (χ3v) is 6.41. The SMILES string of the molecule is C/C=C(\OC)c1nc2cc(-c3cccc(N4CCN(CC5=CCCC=C5)CC4)c3)nc(N)n2n1. The minimum atomic E-state index is 0.294. The summed E-state index contributed by atoms with van der Waals surface area (Å²) >= 11 is 0. The summed E-state index contributed by atoms with van der Waals surface area (Å²) in [7, 11) is 1.60. The normalized spacial score (nSPS) is 17.3. The number of nitrogens with zero attached hydrogens (tertiary/aromatic N) is 6. The van der Waals surface area contributed by atoms with Crippen LogP contribution in [0.1, 0.15) is 25.6 Å². The van der Waals surface area contributed by atoms with Crippen molar-refractivity contribution in [1.82, 2.24) is 24.5 Å². The first kappa shape index (κ1) is 22.2. The number of hydrogen-bond donors (Lipinski definition) is 1. The van der Waals surface area contributed by atoms with Crippen LogP contribution in [0.4, 0.5) is 11.6 Å². The molecule has 1 aliphatic heterocycles. The molecule has 3 heterocycles. The summed E-state index contributed by atoms with van der Waals surface area (Å²) in [5.74, 6) is 1.38. The number of fused-ring (bicyclic) bond motifs is 1. The Morgan fingerprint density at radius 1 is 1.12 bits per heavy atom. The molecule has 2 aromatic heterocycles. The maximum absolute atomic E-state index is 6.23. The molecule has 1 aliphatic carbocycles. The molecule has 8 nitrogen and oxygen atoms in total. The van der Waals surface area contributed by atoms with Crippen molar-refractivity contribution in [3.8, 4) is 11.3 Å². The van der Waals surface area contributed by atoms with Gasteiger partial charge >= 0.3 is 0 Å². The second kappa shape index (κ2) is 9.69. The van der Waals surface area contributed by atoms with Gasteiger partial charge in [0, 0.05) is 50.0 Å². The Morgan fingerprint density at radius 2 is 1.97 bits per heavy atom. The lowest BCUT2D eigenvalue weighted by atomic mass is 10.1. The van der Waals surface area contributed by atoms with Gasteiger partial charge in [0.15, 0.2) is 11.4 Å². The molecule has 0 amide bonds. The molecule has 0 atom stereocenters. The summed E-state index contributed by atoms with van der Waals surface area (Å²) in [5, 5.41) is 4.43. The van der Waals surface area contributed by atoms with Crippen molar-refractivity contribution < 1.29 is 4.74 Å². The van der Waals surface area contributed by atoms with Crippen molar-refractivity contribution in [3.63, 3.8) is 0 Å². The lowest BCUT2D eigenvalue weighted by Crippen LogP contribution is -2.46. The van der Waals surface area contributed by atoms with Crippen molar-refractivity contribution in [2.45, 2.75) is 19.8 Å². The van der Waals surface area contributed by atoms with E-state index in [0.717, 1.165) is 44.0 Å². The zero-order valence-corrected chi connectivity index (χ0v) is 19.8. The molecule has 34 heavy (non-hydrogen) atoms. The van der Waals surface area contributed by atoms with E-state index in [1.807, 2.05) is 19.1 Å². The van der Waals surface area contributed by atoms with E-state index in [4.69, 9.17) is 10.5 Å². The number of nitrogen functional groups attached to an aromatic ring is 1. The molecule has 0 unspecified atom stereocenters. The van der Waals surface area contributed by atoms with Crippen LogP contribution < -0.4 is 10.6 Å². The maximum atomic E-state index is 6.23. The molecule has 0 bridgehead atoms. The summed E-state index contributed by atoms with van der Waals surface area (Å²) < 4.78 is 6.89. The Hall–Kier alpha value is -3.65. The molecule has 1 aromatic carbocycles. The van der Waals surface area contributed by atoms with Crippen LogP contribution in [0, 0.1) is 0 Å². The van der Waals surface area contributed by atoms with Gasteiger partial charge < -0.3 is 15.4 Å². The fraction of sp³-hybridized carbons (Fsp3) is 0.346. The van der Waals surface area contributed by atoms with Crippen LogP contribution in [0.15, 0.2) is 60.2 Å². The van der Waals surface area contributed by atoms with Crippen LogP contribution in [-0.4, -0.2) is 64.3 Å². The van der Waals surface area contributed by atoms with E-state index in [1.54, 1.807) is 11.6 Å². The number of anilines is 2. The third-order valence-electron chi connectivity index (χ3n) is 6.41. The van der Waals surface area contributed by atoms with Gasteiger partial charge in [-0.05, 0) is 43.5 Å². The van der Waals surface area contributed by atoms with Crippen LogP contribution in [0.25, 0.3) is 22.7 Å². The zero-order chi connectivity index (χ0) is 23.5. The predicted octanol–water partition coefficient (Wildman–Crippen LogP) is 3.78. The largest absolute Gasteiger partial charge is 0.493 e. The van der Waals surface area contributed by atoms with E-state index in [-0.39, 0.29) is 0 Å². The Bertz CT molecular complexity index is 1270. The highest BCUT2D eigenvalue weighted by molar-refractivity contribution is 5.70. The molecule has 1 saturated heterocycles. The quantitative estimate of drug-likeness (QED) is 0.564. The molecule has 176 valence electrons. The average Bonchev–Trinajstić information content (AvgIpc) is 3.31. The van der Waals surface area contributed by atoms with E-state index in [2.05, 4.69) is 67.4 Å². The van der Waals surface area contributed by atoms with Gasteiger partial charge in [-0.3, -0.25) is 4.90 Å². The molecule has 8 heteroatoms. The molecule has 3 aromatic rings. The first-order chi connectivity index (χ1) is 16.6. The van der Waals surface area contributed by atoms with E-state index < -0.39 is 0 Å². The standard InChI is InChI=1S/C26H31N7O/c1-3-23(34-2)25-29-24-17-22(28-26(27)33(24)30-25)20-10-7-11-21(16-20)32-14-12-31(13-15-32)18-19-8-5-4-6-9-19/h3,5,7-11,16-17H,4,6,12-15,18H2,1-2H3,(H2,27,28)/b23-3-. The van der Waals surface area contributed by atoms with Crippen molar-refractivity contribution in [2.24, 2.45) is 0 Å². The van der Waals surface area contributed by atoms with E-state index in [0.29, 0.717) is 23.2 Å². The lowest BCUT2D eigenvalue weighted by molar-refractivity contribution is 0.279. The van der Waals surface area contributed by atoms with Crippen molar-refractivity contribution in [2.75, 3.05) is 50.5 Å². The number of aromatic nitrogens is 4. The highest BCUT2D eigenvalue weighted by atomic mass is 16.5. The lowest BCUT2D eigenvalue weighted by Gasteiger charge is -2.36. The molecule has 0 saturated carbocycles. The average molecular weight is 458 g/mol. The van der Waals surface area contributed by atoms with Gasteiger partial charge in [-0.2, -0.15) is 4.52 Å². The van der Waals surface area contributed by atoms with E-state index in [1.165, 1.54) is 24.1 Å². The Morgan fingerprint density at radius 3 is 2.71 bits per heavy atom. The number of rotatable bonds is 6. The van der Waals surface area contributed by atoms with Crippen LogP contribution in [0.5, 0.6) is 0 Å². The summed E-state index contributed by atoms with van der Waals surface area (Å²) in [5.41, 5.74) is 11.3. The number of ether oxygens (including phenoxy) is 1. The summed E-state index contributed by atoms with van der Waals surface area (Å²) in [6, 6.07) is 10.4. The summed E-state index contributed by atoms with van der Waals surface area (Å²) in [6.45, 7) is 7.06. The minimum Gasteiger partial charge on any atom is -0.493 e. The monoisotopic (exact) mass is 457 g/mol.